The van der Waals surface area contributed by atoms with Crippen molar-refractivity contribution in [3.8, 4) is 22.6 Å². The molecule has 0 unspecified atom stereocenters. The monoisotopic (exact) mass is 654 g/mol. The Kier molecular flexibility index (Phi) is 8.22. The zero-order chi connectivity index (χ0) is 33.4. The number of nitrogens with one attached hydrogen (secondary N) is 2. The van der Waals surface area contributed by atoms with Gasteiger partial charge in [0.1, 0.15) is 5.69 Å². The fraction of sp³-hybridized carbons (Fsp3) is 0.316. The van der Waals surface area contributed by atoms with Gasteiger partial charge >= 0.3 is 0 Å². The highest BCUT2D eigenvalue weighted by Crippen LogP contribution is 2.41. The van der Waals surface area contributed by atoms with Crippen LogP contribution in [0.4, 0.5) is 5.69 Å². The number of carbonyl (C=O) groups excluding carboxylic acids is 2. The highest BCUT2D eigenvalue weighted by atomic mass is 16.3. The molecular weight excluding hydrogens is 616 g/mol. The second kappa shape index (κ2) is 13.0. The second-order valence-electron chi connectivity index (χ2n) is 13.4. The molecule has 2 aromatic carbocycles. The van der Waals surface area contributed by atoms with Gasteiger partial charge in [0, 0.05) is 66.6 Å². The molecule has 11 heteroatoms. The standard InChI is InChI=1S/C38H38N8O3/c47-24-38(37(49)42-31-8-9-33-32(19-31)35(44-43-33)30-18-29(20-39-21-30)26-2-3-26)12-17-45(23-38)22-34(48)46-15-10-27(11-16-46)25-4-6-28(7-5-25)36-40-13-1-14-41-36/h1,4-10,13-14,18-21,26,47H,2-3,11-12,15-17,22-24H2,(H,42,49)(H,43,44)/t38-/m1/s1. The molecule has 0 bridgehead atoms. The number of anilines is 1. The third-order valence-electron chi connectivity index (χ3n) is 10.1. The molecule has 2 aliphatic heterocycles. The Labute approximate surface area is 284 Å². The first-order valence-electron chi connectivity index (χ1n) is 16.9. The Balaban J connectivity index is 0.886. The van der Waals surface area contributed by atoms with Crippen molar-refractivity contribution in [3.63, 3.8) is 0 Å². The summed E-state index contributed by atoms with van der Waals surface area (Å²) in [6.45, 7) is 1.95. The summed E-state index contributed by atoms with van der Waals surface area (Å²) in [5.41, 5.74) is 6.77. The quantitative estimate of drug-likeness (QED) is 0.204. The molecular formula is C38H38N8O3. The Morgan fingerprint density at radius 2 is 1.80 bits per heavy atom. The van der Waals surface area contributed by atoms with E-state index < -0.39 is 5.41 Å². The summed E-state index contributed by atoms with van der Waals surface area (Å²) in [6, 6.07) is 17.8. The van der Waals surface area contributed by atoms with Crippen molar-refractivity contribution in [2.24, 2.45) is 5.41 Å². The van der Waals surface area contributed by atoms with E-state index in [-0.39, 0.29) is 25.0 Å². The van der Waals surface area contributed by atoms with Crippen LogP contribution in [0.25, 0.3) is 39.1 Å². The number of benzene rings is 2. The van der Waals surface area contributed by atoms with Crippen LogP contribution in [0, 0.1) is 5.41 Å². The van der Waals surface area contributed by atoms with Crippen LogP contribution in [0.5, 0.6) is 0 Å². The number of aromatic nitrogens is 5. The number of hydrogen-bond acceptors (Lipinski definition) is 8. The average molecular weight is 655 g/mol. The minimum Gasteiger partial charge on any atom is -0.395 e. The number of amides is 2. The van der Waals surface area contributed by atoms with Crippen LogP contribution in [0.15, 0.2) is 85.5 Å². The van der Waals surface area contributed by atoms with Crippen molar-refractivity contribution >= 4 is 34.0 Å². The number of aliphatic hydroxyl groups is 1. The number of carbonyl (C=O) groups is 2. The van der Waals surface area contributed by atoms with E-state index in [1.54, 1.807) is 18.5 Å². The summed E-state index contributed by atoms with van der Waals surface area (Å²) in [7, 11) is 0. The third-order valence-corrected chi connectivity index (χ3v) is 10.1. The average Bonchev–Trinajstić information content (AvgIpc) is 3.79. The molecule has 1 atom stereocenters. The van der Waals surface area contributed by atoms with Crippen LogP contribution >= 0.6 is 0 Å². The predicted molar refractivity (Wildman–Crippen MR) is 187 cm³/mol. The molecule has 3 aliphatic rings. The van der Waals surface area contributed by atoms with Gasteiger partial charge in [-0.3, -0.25) is 24.6 Å². The van der Waals surface area contributed by atoms with Crippen LogP contribution in [-0.2, 0) is 9.59 Å². The fourth-order valence-corrected chi connectivity index (χ4v) is 7.01. The smallest absolute Gasteiger partial charge is 0.237 e. The Morgan fingerprint density at radius 1 is 0.980 bits per heavy atom. The number of fused-ring (bicyclic) bond motifs is 1. The molecule has 1 aliphatic carbocycles. The normalized spacial score (nSPS) is 19.6. The Hall–Kier alpha value is -5.26. The molecule has 0 spiro atoms. The first-order valence-corrected chi connectivity index (χ1v) is 16.9. The zero-order valence-electron chi connectivity index (χ0n) is 27.2. The van der Waals surface area contributed by atoms with E-state index in [2.05, 4.69) is 54.7 Å². The van der Waals surface area contributed by atoms with Gasteiger partial charge in [0.25, 0.3) is 0 Å². The van der Waals surface area contributed by atoms with E-state index in [1.165, 1.54) is 24.0 Å². The maximum atomic E-state index is 13.7. The number of aromatic amines is 1. The molecule has 1 saturated carbocycles. The minimum absolute atomic E-state index is 0.0270. The summed E-state index contributed by atoms with van der Waals surface area (Å²) < 4.78 is 0. The van der Waals surface area contributed by atoms with Crippen LogP contribution in [-0.4, -0.2) is 91.2 Å². The molecule has 3 aromatic heterocycles. The number of pyridine rings is 1. The van der Waals surface area contributed by atoms with Gasteiger partial charge in [-0.05, 0) is 85.2 Å². The molecule has 49 heavy (non-hydrogen) atoms. The SMILES string of the molecule is O=C(CN1CC[C@@](CO)(C(=O)Nc2ccc3[nH]nc(-c4cncc(C5CC5)c4)c3c2)C1)N1CC=C(c2ccc(-c3ncccn3)cc2)CC1. The van der Waals surface area contributed by atoms with Crippen molar-refractivity contribution < 1.29 is 14.7 Å². The Bertz CT molecular complexity index is 2040. The molecule has 5 aromatic rings. The number of likely N-dealkylation sites (tertiary alicyclic amines) is 1. The molecule has 11 nitrogen and oxygen atoms in total. The summed E-state index contributed by atoms with van der Waals surface area (Å²) in [6.07, 6.45) is 13.0. The fourth-order valence-electron chi connectivity index (χ4n) is 7.01. The molecule has 8 rings (SSSR count). The zero-order valence-corrected chi connectivity index (χ0v) is 27.2. The summed E-state index contributed by atoms with van der Waals surface area (Å²) in [4.78, 5) is 44.0. The van der Waals surface area contributed by atoms with Crippen LogP contribution in [0.1, 0.15) is 42.7 Å². The number of aliphatic hydroxyl groups excluding tert-OH is 1. The number of rotatable bonds is 9. The van der Waals surface area contributed by atoms with Crippen LogP contribution in [0.3, 0.4) is 0 Å². The number of H-pyrrole nitrogens is 1. The van der Waals surface area contributed by atoms with Crippen molar-refractivity contribution in [1.82, 2.24) is 34.9 Å². The summed E-state index contributed by atoms with van der Waals surface area (Å²) in [5.74, 6) is 1.06. The molecule has 248 valence electrons. The first-order chi connectivity index (χ1) is 24.0. The lowest BCUT2D eigenvalue weighted by molar-refractivity contribution is -0.133. The van der Waals surface area contributed by atoms with Gasteiger partial charge in [-0.1, -0.05) is 30.3 Å². The summed E-state index contributed by atoms with van der Waals surface area (Å²) in [5, 5.41) is 22.1. The van der Waals surface area contributed by atoms with Crippen molar-refractivity contribution in [2.75, 3.05) is 44.6 Å². The van der Waals surface area contributed by atoms with E-state index >= 15 is 0 Å². The molecule has 1 saturated heterocycles. The van der Waals surface area contributed by atoms with Gasteiger partial charge in [0.15, 0.2) is 5.82 Å². The van der Waals surface area contributed by atoms with Gasteiger partial charge in [-0.2, -0.15) is 5.10 Å². The van der Waals surface area contributed by atoms with E-state index in [4.69, 9.17) is 0 Å². The first kappa shape index (κ1) is 31.0. The van der Waals surface area contributed by atoms with Gasteiger partial charge in [-0.25, -0.2) is 9.97 Å². The minimum atomic E-state index is -0.997. The number of nitrogens with zero attached hydrogens (tertiary/aromatic N) is 6. The largest absolute Gasteiger partial charge is 0.395 e. The van der Waals surface area contributed by atoms with Gasteiger partial charge in [0.05, 0.1) is 24.1 Å². The molecule has 0 radical (unpaired) electrons. The predicted octanol–water partition coefficient (Wildman–Crippen LogP) is 4.90. The van der Waals surface area contributed by atoms with Crippen LogP contribution < -0.4 is 5.32 Å². The lowest BCUT2D eigenvalue weighted by atomic mass is 9.87. The molecule has 5 heterocycles. The highest BCUT2D eigenvalue weighted by Gasteiger charge is 2.45. The van der Waals surface area contributed by atoms with Gasteiger partial charge in [0.2, 0.25) is 11.8 Å². The van der Waals surface area contributed by atoms with Crippen LogP contribution in [0.2, 0.25) is 0 Å². The third kappa shape index (κ3) is 6.34. The maximum absolute atomic E-state index is 13.7. The molecule has 2 amide bonds. The molecule has 2 fully saturated rings. The highest BCUT2D eigenvalue weighted by molar-refractivity contribution is 6.00. The maximum Gasteiger partial charge on any atom is 0.237 e. The lowest BCUT2D eigenvalue weighted by Crippen LogP contribution is -2.45. The second-order valence-corrected chi connectivity index (χ2v) is 13.4. The van der Waals surface area contributed by atoms with Crippen molar-refractivity contribution in [3.05, 3.63) is 96.6 Å². The van der Waals surface area contributed by atoms with E-state index in [0.717, 1.165) is 39.7 Å². The van der Waals surface area contributed by atoms with Crippen molar-refractivity contribution in [1.29, 1.82) is 0 Å². The van der Waals surface area contributed by atoms with E-state index in [1.807, 2.05) is 52.5 Å². The van der Waals surface area contributed by atoms with Gasteiger partial charge in [-0.15, -0.1) is 0 Å². The Morgan fingerprint density at radius 3 is 2.55 bits per heavy atom. The topological polar surface area (TPSA) is 140 Å². The van der Waals surface area contributed by atoms with Gasteiger partial charge < -0.3 is 15.3 Å². The number of hydrogen-bond donors (Lipinski definition) is 3. The molecule has 3 N–H and O–H groups in total. The lowest BCUT2D eigenvalue weighted by Gasteiger charge is -2.29. The summed E-state index contributed by atoms with van der Waals surface area (Å²) >= 11 is 0. The van der Waals surface area contributed by atoms with Crippen molar-refractivity contribution in [2.45, 2.75) is 31.6 Å². The van der Waals surface area contributed by atoms with E-state index in [0.29, 0.717) is 50.0 Å². The van der Waals surface area contributed by atoms with E-state index in [9.17, 15) is 14.7 Å².